The smallest absolute Gasteiger partial charge is 0.325 e. The highest BCUT2D eigenvalue weighted by atomic mass is 16.5. The van der Waals surface area contributed by atoms with Gasteiger partial charge in [-0.2, -0.15) is 0 Å². The van der Waals surface area contributed by atoms with Crippen LogP contribution in [0.1, 0.15) is 118 Å². The number of cyclic esters (lactones) is 1. The molecule has 0 aromatic heterocycles. The quantitative estimate of drug-likeness (QED) is 0.117. The minimum Gasteiger partial charge on any atom is -0.460 e. The molecule has 3 aliphatic rings. The number of hydrogen-bond acceptors (Lipinski definition) is 10. The molecule has 6 atom stereocenters. The Morgan fingerprint density at radius 2 is 1.55 bits per heavy atom. The monoisotopic (exact) mass is 750 g/mol. The van der Waals surface area contributed by atoms with Crippen molar-refractivity contribution in [3.05, 3.63) is 0 Å². The van der Waals surface area contributed by atoms with E-state index in [0.717, 1.165) is 38.5 Å². The molecule has 0 spiro atoms. The maximum Gasteiger partial charge on any atom is 0.325 e. The Hall–Kier alpha value is -3.30. The molecule has 0 aromatic rings. The zero-order valence-electron chi connectivity index (χ0n) is 32.7. The van der Waals surface area contributed by atoms with Crippen LogP contribution in [0.3, 0.4) is 0 Å². The number of likely N-dealkylation sites (N-methyl/N-ethyl adjacent to an activating group) is 1. The lowest BCUT2D eigenvalue weighted by Crippen LogP contribution is -2.62. The Morgan fingerprint density at radius 3 is 2.17 bits per heavy atom. The number of esters is 1. The summed E-state index contributed by atoms with van der Waals surface area (Å²) in [5, 5.41) is 10.9. The fourth-order valence-corrected chi connectivity index (χ4v) is 7.34. The van der Waals surface area contributed by atoms with Crippen molar-refractivity contribution in [1.82, 2.24) is 26.2 Å². The van der Waals surface area contributed by atoms with E-state index >= 15 is 0 Å². The maximum absolute atomic E-state index is 14.2. The number of unbranched alkanes of at least 4 members (excludes halogenated alkanes) is 3. The van der Waals surface area contributed by atoms with E-state index in [4.69, 9.17) is 20.9 Å². The Labute approximate surface area is 315 Å². The van der Waals surface area contributed by atoms with Crippen molar-refractivity contribution in [3.8, 4) is 0 Å². The van der Waals surface area contributed by atoms with Crippen LogP contribution in [0.2, 0.25) is 0 Å². The molecule has 0 bridgehead atoms. The van der Waals surface area contributed by atoms with Gasteiger partial charge in [-0.3, -0.25) is 28.8 Å². The zero-order valence-corrected chi connectivity index (χ0v) is 32.7. The molecular weight excluding hydrogens is 682 g/mol. The Bertz CT molecular complexity index is 1220. The molecule has 0 radical (unpaired) electrons. The molecule has 53 heavy (non-hydrogen) atoms. The van der Waals surface area contributed by atoms with E-state index in [1.165, 1.54) is 4.90 Å². The van der Waals surface area contributed by atoms with Gasteiger partial charge in [0.1, 0.15) is 36.8 Å². The van der Waals surface area contributed by atoms with Crippen LogP contribution in [0.5, 0.6) is 0 Å². The molecule has 1 saturated heterocycles. The van der Waals surface area contributed by atoms with E-state index in [1.807, 2.05) is 13.8 Å². The van der Waals surface area contributed by atoms with Crippen LogP contribution >= 0.6 is 0 Å². The van der Waals surface area contributed by atoms with E-state index in [-0.39, 0.29) is 43.0 Å². The molecule has 0 aromatic carbocycles. The lowest BCUT2D eigenvalue weighted by atomic mass is 9.83. The largest absolute Gasteiger partial charge is 0.460 e. The number of ether oxygens (including phenoxy) is 2. The van der Waals surface area contributed by atoms with Crippen LogP contribution in [-0.2, 0) is 38.2 Å². The third-order valence-corrected chi connectivity index (χ3v) is 10.9. The highest BCUT2D eigenvalue weighted by Crippen LogP contribution is 2.28. The van der Waals surface area contributed by atoms with Crippen LogP contribution in [0, 0.1) is 17.8 Å². The SMILES string of the molecule is CCCCCC[C@H]1OC(=O)CNC(=O)[C@H](CO[C@H]2C[C@H](N)C2)NC(=O)[C@H](CN)NC(=O)[C@H](C2CCCCC2)NC(=O)[C@H](CCC(C)C)N(C)C(=O)[C@@H]1C. The lowest BCUT2D eigenvalue weighted by Gasteiger charge is -2.35. The van der Waals surface area contributed by atoms with E-state index in [0.29, 0.717) is 51.4 Å². The molecule has 15 nitrogen and oxygen atoms in total. The van der Waals surface area contributed by atoms with E-state index in [9.17, 15) is 28.8 Å². The Kier molecular flexibility index (Phi) is 18.4. The van der Waals surface area contributed by atoms with Crippen LogP contribution < -0.4 is 32.7 Å². The first-order valence-corrected chi connectivity index (χ1v) is 20.0. The van der Waals surface area contributed by atoms with Crippen LogP contribution in [0.4, 0.5) is 0 Å². The lowest BCUT2D eigenvalue weighted by molar-refractivity contribution is -0.157. The minimum atomic E-state index is -1.24. The molecule has 2 aliphatic carbocycles. The second kappa shape index (κ2) is 22.2. The number of nitrogens with two attached hydrogens (primary N) is 2. The summed E-state index contributed by atoms with van der Waals surface area (Å²) in [7, 11) is 1.58. The van der Waals surface area contributed by atoms with Crippen molar-refractivity contribution in [2.75, 3.05) is 26.7 Å². The fourth-order valence-electron chi connectivity index (χ4n) is 7.34. The zero-order chi connectivity index (χ0) is 39.1. The van der Waals surface area contributed by atoms with Gasteiger partial charge in [-0.25, -0.2) is 0 Å². The highest BCUT2D eigenvalue weighted by Gasteiger charge is 2.39. The summed E-state index contributed by atoms with van der Waals surface area (Å²) in [6.45, 7) is 6.85. The molecule has 3 rings (SSSR count). The molecule has 302 valence electrons. The number of rotatable bonds is 13. The van der Waals surface area contributed by atoms with Crippen LogP contribution in [-0.4, -0.2) is 110 Å². The van der Waals surface area contributed by atoms with Gasteiger partial charge in [0.15, 0.2) is 0 Å². The standard InChI is InChI=1S/C38H67N7O8/c1-6-7-8-12-15-31-24(4)38(51)45(5)30(17-16-23(2)3)36(49)44-33(25-13-10-9-11-14-25)37(50)42-28(20-39)35(48)43-29(22-52-27-18-26(40)19-27)34(47)41-21-32(46)53-31/h23-31,33H,6-22,39-40H2,1-5H3,(H,41,47)(H,42,50)(H,43,48)(H,44,49)/t24-,26-,27-,28+,29+,30+,31-,33+/m1/s1. The summed E-state index contributed by atoms with van der Waals surface area (Å²) >= 11 is 0. The van der Waals surface area contributed by atoms with Crippen molar-refractivity contribution in [1.29, 1.82) is 0 Å². The maximum atomic E-state index is 14.2. The molecule has 1 aliphatic heterocycles. The number of carbonyl (C=O) groups excluding carboxylic acids is 6. The first kappa shape index (κ1) is 44.1. The number of carbonyl (C=O) groups is 6. The third kappa shape index (κ3) is 13.8. The van der Waals surface area contributed by atoms with Gasteiger partial charge in [0.2, 0.25) is 29.5 Å². The van der Waals surface area contributed by atoms with Crippen molar-refractivity contribution in [2.24, 2.45) is 29.2 Å². The molecule has 15 heteroatoms. The van der Waals surface area contributed by atoms with Gasteiger partial charge in [-0.05, 0) is 63.2 Å². The Morgan fingerprint density at radius 1 is 0.868 bits per heavy atom. The van der Waals surface area contributed by atoms with Gasteiger partial charge < -0.3 is 47.1 Å². The topological polar surface area (TPSA) is 224 Å². The summed E-state index contributed by atoms with van der Waals surface area (Å²) in [6, 6.07) is -4.35. The molecule has 0 unspecified atom stereocenters. The molecular formula is C38H67N7O8. The van der Waals surface area contributed by atoms with Crippen molar-refractivity contribution in [2.45, 2.75) is 160 Å². The van der Waals surface area contributed by atoms with E-state index in [1.54, 1.807) is 14.0 Å². The Balaban J connectivity index is 1.99. The summed E-state index contributed by atoms with van der Waals surface area (Å²) in [5.41, 5.74) is 11.9. The molecule has 1 heterocycles. The molecule has 5 amide bonds. The van der Waals surface area contributed by atoms with Gasteiger partial charge in [0.05, 0.1) is 18.6 Å². The van der Waals surface area contributed by atoms with Crippen LogP contribution in [0.15, 0.2) is 0 Å². The summed E-state index contributed by atoms with van der Waals surface area (Å²) < 4.78 is 11.7. The van der Waals surface area contributed by atoms with Gasteiger partial charge in [0.25, 0.3) is 0 Å². The van der Waals surface area contributed by atoms with Gasteiger partial charge in [-0.1, -0.05) is 66.2 Å². The van der Waals surface area contributed by atoms with Crippen molar-refractivity contribution >= 4 is 35.5 Å². The van der Waals surface area contributed by atoms with E-state index in [2.05, 4.69) is 28.2 Å². The predicted octanol–water partition coefficient (Wildman–Crippen LogP) is 1.40. The predicted molar refractivity (Wildman–Crippen MR) is 200 cm³/mol. The summed E-state index contributed by atoms with van der Waals surface area (Å²) in [4.78, 5) is 84.1. The number of hydrogen-bond donors (Lipinski definition) is 6. The minimum absolute atomic E-state index is 0.00317. The van der Waals surface area contributed by atoms with Gasteiger partial charge in [-0.15, -0.1) is 0 Å². The third-order valence-electron chi connectivity index (χ3n) is 10.9. The average molecular weight is 750 g/mol. The molecule has 2 saturated carbocycles. The summed E-state index contributed by atoms with van der Waals surface area (Å²) in [6.07, 6.45) is 9.43. The second-order valence-electron chi connectivity index (χ2n) is 15.7. The highest BCUT2D eigenvalue weighted by molar-refractivity contribution is 5.96. The molecule has 3 fully saturated rings. The van der Waals surface area contributed by atoms with Gasteiger partial charge in [0, 0.05) is 19.6 Å². The van der Waals surface area contributed by atoms with Crippen molar-refractivity contribution in [3.63, 3.8) is 0 Å². The van der Waals surface area contributed by atoms with Crippen LogP contribution in [0.25, 0.3) is 0 Å². The normalized spacial score (nSPS) is 30.6. The second-order valence-corrected chi connectivity index (χ2v) is 15.7. The van der Waals surface area contributed by atoms with E-state index < -0.39 is 72.3 Å². The summed E-state index contributed by atoms with van der Waals surface area (Å²) in [5.74, 6) is -4.30. The number of nitrogens with one attached hydrogen (secondary N) is 4. The average Bonchev–Trinajstić information content (AvgIpc) is 3.12. The fraction of sp³-hybridized carbons (Fsp3) is 0.842. The van der Waals surface area contributed by atoms with Gasteiger partial charge >= 0.3 is 5.97 Å². The first-order chi connectivity index (χ1) is 25.2. The van der Waals surface area contributed by atoms with Crippen molar-refractivity contribution < 1.29 is 38.2 Å². The number of nitrogens with zero attached hydrogens (tertiary/aromatic N) is 1. The number of amides is 5. The first-order valence-electron chi connectivity index (χ1n) is 20.0. The molecule has 8 N–H and O–H groups in total.